The largest absolute Gasteiger partial charge is 0.376 e. The minimum absolute atomic E-state index is 0.0645. The number of anilines is 1. The van der Waals surface area contributed by atoms with Crippen LogP contribution < -0.4 is 5.32 Å². The van der Waals surface area contributed by atoms with Gasteiger partial charge in [-0.15, -0.1) is 0 Å². The number of nitrogens with one attached hydrogen (secondary N) is 1. The third-order valence-electron chi connectivity index (χ3n) is 3.13. The Morgan fingerprint density at radius 2 is 1.67 bits per heavy atom. The molecule has 0 heterocycles. The lowest BCUT2D eigenvalue weighted by atomic mass is 10.1. The molecule has 0 saturated carbocycles. The summed E-state index contributed by atoms with van der Waals surface area (Å²) >= 11 is 0. The monoisotopic (exact) mass is 311 g/mol. The molecule has 2 aromatic carbocycles. The predicted molar refractivity (Wildman–Crippen MR) is 77.9 cm³/mol. The Labute approximate surface area is 122 Å². The van der Waals surface area contributed by atoms with Crippen LogP contribution in [-0.2, 0) is 9.84 Å². The summed E-state index contributed by atoms with van der Waals surface area (Å²) in [4.78, 5) is 0.218. The number of hydrogen-bond donors (Lipinski definition) is 1. The van der Waals surface area contributed by atoms with Crippen LogP contribution in [0.3, 0.4) is 0 Å². The van der Waals surface area contributed by atoms with Gasteiger partial charge in [-0.3, -0.25) is 0 Å². The first-order valence-electron chi connectivity index (χ1n) is 6.29. The average Bonchev–Trinajstić information content (AvgIpc) is 2.43. The summed E-state index contributed by atoms with van der Waals surface area (Å²) in [7, 11) is -3.25. The van der Waals surface area contributed by atoms with Gasteiger partial charge in [0.05, 0.1) is 10.6 Å². The molecule has 21 heavy (non-hydrogen) atoms. The Morgan fingerprint density at radius 1 is 1.05 bits per heavy atom. The maximum atomic E-state index is 13.6. The summed E-state index contributed by atoms with van der Waals surface area (Å²) in [6.07, 6.45) is 1.13. The molecule has 0 aliphatic rings. The standard InChI is InChI=1S/C15H15F2NO2S/c1-10(18-14-5-3-4-13(16)15(14)17)11-6-8-12(9-7-11)21(2,19)20/h3-10,18H,1-2H3. The van der Waals surface area contributed by atoms with Crippen molar-refractivity contribution in [2.24, 2.45) is 0 Å². The molecule has 0 aromatic heterocycles. The Kier molecular flexibility index (Phi) is 4.27. The van der Waals surface area contributed by atoms with Gasteiger partial charge in [-0.1, -0.05) is 18.2 Å². The van der Waals surface area contributed by atoms with E-state index in [0.29, 0.717) is 0 Å². The van der Waals surface area contributed by atoms with Gasteiger partial charge in [-0.2, -0.15) is 0 Å². The van der Waals surface area contributed by atoms with Gasteiger partial charge < -0.3 is 5.32 Å². The smallest absolute Gasteiger partial charge is 0.181 e. The van der Waals surface area contributed by atoms with E-state index in [-0.39, 0.29) is 16.6 Å². The van der Waals surface area contributed by atoms with E-state index in [0.717, 1.165) is 17.9 Å². The topological polar surface area (TPSA) is 46.2 Å². The van der Waals surface area contributed by atoms with Crippen molar-refractivity contribution in [2.75, 3.05) is 11.6 Å². The molecule has 0 bridgehead atoms. The molecule has 6 heteroatoms. The van der Waals surface area contributed by atoms with E-state index < -0.39 is 21.5 Å². The molecule has 1 unspecified atom stereocenters. The highest BCUT2D eigenvalue weighted by molar-refractivity contribution is 7.90. The van der Waals surface area contributed by atoms with E-state index in [1.54, 1.807) is 19.1 Å². The van der Waals surface area contributed by atoms with Crippen molar-refractivity contribution in [3.8, 4) is 0 Å². The minimum atomic E-state index is -3.25. The molecule has 0 radical (unpaired) electrons. The van der Waals surface area contributed by atoms with Crippen LogP contribution in [-0.4, -0.2) is 14.7 Å². The highest BCUT2D eigenvalue weighted by Gasteiger charge is 2.12. The molecule has 112 valence electrons. The summed E-state index contributed by atoms with van der Waals surface area (Å²) in [5.74, 6) is -1.85. The molecule has 0 aliphatic carbocycles. The lowest BCUT2D eigenvalue weighted by Crippen LogP contribution is -2.09. The first-order valence-corrected chi connectivity index (χ1v) is 8.19. The van der Waals surface area contributed by atoms with Crippen molar-refractivity contribution in [1.29, 1.82) is 0 Å². The first-order chi connectivity index (χ1) is 9.79. The average molecular weight is 311 g/mol. The summed E-state index contributed by atoms with van der Waals surface area (Å²) in [6.45, 7) is 1.78. The van der Waals surface area contributed by atoms with Crippen molar-refractivity contribution >= 4 is 15.5 Å². The van der Waals surface area contributed by atoms with Crippen LogP contribution >= 0.6 is 0 Å². The van der Waals surface area contributed by atoms with E-state index in [1.165, 1.54) is 24.3 Å². The predicted octanol–water partition coefficient (Wildman–Crippen LogP) is 3.54. The lowest BCUT2D eigenvalue weighted by molar-refractivity contribution is 0.510. The molecule has 0 fully saturated rings. The van der Waals surface area contributed by atoms with Gasteiger partial charge in [0.15, 0.2) is 21.5 Å². The number of hydrogen-bond acceptors (Lipinski definition) is 3. The maximum absolute atomic E-state index is 13.6. The second-order valence-corrected chi connectivity index (χ2v) is 6.82. The summed E-state index contributed by atoms with van der Waals surface area (Å²) in [6, 6.07) is 9.88. The molecule has 1 atom stereocenters. The van der Waals surface area contributed by atoms with E-state index >= 15 is 0 Å². The Morgan fingerprint density at radius 3 is 2.24 bits per heavy atom. The van der Waals surface area contributed by atoms with Crippen LogP contribution in [0, 0.1) is 11.6 Å². The number of halogens is 2. The van der Waals surface area contributed by atoms with Gasteiger partial charge in [-0.25, -0.2) is 17.2 Å². The zero-order valence-corrected chi connectivity index (χ0v) is 12.4. The van der Waals surface area contributed by atoms with E-state index in [2.05, 4.69) is 5.32 Å². The maximum Gasteiger partial charge on any atom is 0.181 e. The molecular weight excluding hydrogens is 296 g/mol. The van der Waals surface area contributed by atoms with Gasteiger partial charge in [0.1, 0.15) is 0 Å². The van der Waals surface area contributed by atoms with Crippen molar-refractivity contribution in [3.63, 3.8) is 0 Å². The quantitative estimate of drug-likeness (QED) is 0.939. The normalized spacial score (nSPS) is 13.0. The molecule has 3 nitrogen and oxygen atoms in total. The fraction of sp³-hybridized carbons (Fsp3) is 0.200. The van der Waals surface area contributed by atoms with Gasteiger partial charge in [0.2, 0.25) is 0 Å². The van der Waals surface area contributed by atoms with Gasteiger partial charge in [0, 0.05) is 12.3 Å². The Balaban J connectivity index is 2.21. The fourth-order valence-corrected chi connectivity index (χ4v) is 2.57. The zero-order valence-electron chi connectivity index (χ0n) is 11.6. The van der Waals surface area contributed by atoms with Gasteiger partial charge in [0.25, 0.3) is 0 Å². The highest BCUT2D eigenvalue weighted by Crippen LogP contribution is 2.23. The highest BCUT2D eigenvalue weighted by atomic mass is 32.2. The van der Waals surface area contributed by atoms with Crippen molar-refractivity contribution in [1.82, 2.24) is 0 Å². The van der Waals surface area contributed by atoms with E-state index in [4.69, 9.17) is 0 Å². The molecule has 0 amide bonds. The van der Waals surface area contributed by atoms with Crippen LogP contribution in [0.2, 0.25) is 0 Å². The molecule has 2 rings (SSSR count). The second kappa shape index (κ2) is 5.81. The molecule has 0 spiro atoms. The van der Waals surface area contributed by atoms with Crippen LogP contribution in [0.1, 0.15) is 18.5 Å². The third-order valence-corrected chi connectivity index (χ3v) is 4.26. The molecule has 2 aromatic rings. The molecule has 0 aliphatic heterocycles. The number of rotatable bonds is 4. The number of benzene rings is 2. The van der Waals surface area contributed by atoms with Crippen molar-refractivity contribution in [3.05, 3.63) is 59.7 Å². The summed E-state index contributed by atoms with van der Waals surface area (Å²) in [5.41, 5.74) is 0.834. The van der Waals surface area contributed by atoms with Crippen LogP contribution in [0.4, 0.5) is 14.5 Å². The van der Waals surface area contributed by atoms with E-state index in [1.807, 2.05) is 0 Å². The molecule has 0 saturated heterocycles. The summed E-state index contributed by atoms with van der Waals surface area (Å²) < 4.78 is 49.5. The number of sulfone groups is 1. The van der Waals surface area contributed by atoms with Crippen LogP contribution in [0.15, 0.2) is 47.4 Å². The molecular formula is C15H15F2NO2S. The third kappa shape index (κ3) is 3.58. The van der Waals surface area contributed by atoms with Gasteiger partial charge in [-0.05, 0) is 36.8 Å². The van der Waals surface area contributed by atoms with Crippen molar-refractivity contribution < 1.29 is 17.2 Å². The lowest BCUT2D eigenvalue weighted by Gasteiger charge is -2.16. The van der Waals surface area contributed by atoms with E-state index in [9.17, 15) is 17.2 Å². The molecule has 1 N–H and O–H groups in total. The van der Waals surface area contributed by atoms with Crippen molar-refractivity contribution in [2.45, 2.75) is 17.9 Å². The minimum Gasteiger partial charge on any atom is -0.376 e. The Bertz CT molecular complexity index is 743. The first kappa shape index (κ1) is 15.4. The SMILES string of the molecule is CC(Nc1cccc(F)c1F)c1ccc(S(C)(=O)=O)cc1. The zero-order chi connectivity index (χ0) is 15.6. The Hall–Kier alpha value is -1.95. The van der Waals surface area contributed by atoms with Crippen LogP contribution in [0.25, 0.3) is 0 Å². The summed E-state index contributed by atoms with van der Waals surface area (Å²) in [5, 5.41) is 2.86. The second-order valence-electron chi connectivity index (χ2n) is 4.81. The van der Waals surface area contributed by atoms with Crippen LogP contribution in [0.5, 0.6) is 0 Å². The fourth-order valence-electron chi connectivity index (χ4n) is 1.94. The van der Waals surface area contributed by atoms with Gasteiger partial charge >= 0.3 is 0 Å².